The molecule has 0 saturated carbocycles. The van der Waals surface area contributed by atoms with Crippen molar-refractivity contribution in [3.8, 4) is 0 Å². The molecule has 0 aliphatic carbocycles. The van der Waals surface area contributed by atoms with Crippen molar-refractivity contribution in [3.05, 3.63) is 57.6 Å². The van der Waals surface area contributed by atoms with Gasteiger partial charge < -0.3 is 10.2 Å². The Labute approximate surface area is 147 Å². The van der Waals surface area contributed by atoms with Crippen molar-refractivity contribution in [1.29, 1.82) is 0 Å². The summed E-state index contributed by atoms with van der Waals surface area (Å²) < 4.78 is 0. The predicted molar refractivity (Wildman–Crippen MR) is 99.4 cm³/mol. The number of anilines is 2. The second-order valence-electron chi connectivity index (χ2n) is 5.32. The lowest BCUT2D eigenvalue weighted by molar-refractivity contribution is 0.100. The molecular formula is C18H20Cl2N2O. The van der Waals surface area contributed by atoms with Gasteiger partial charge in [-0.15, -0.1) is 0 Å². The van der Waals surface area contributed by atoms with Gasteiger partial charge in [-0.2, -0.15) is 0 Å². The van der Waals surface area contributed by atoms with E-state index in [9.17, 15) is 4.79 Å². The Kier molecular flexibility index (Phi) is 5.91. The number of ketones is 1. The summed E-state index contributed by atoms with van der Waals surface area (Å²) in [4.78, 5) is 14.5. The number of aryl methyl sites for hydroxylation is 1. The minimum absolute atomic E-state index is 0.0434. The van der Waals surface area contributed by atoms with Gasteiger partial charge in [-0.25, -0.2) is 0 Å². The van der Waals surface area contributed by atoms with E-state index in [2.05, 4.69) is 18.3 Å². The van der Waals surface area contributed by atoms with Gasteiger partial charge >= 0.3 is 0 Å². The Balaban J connectivity index is 2.25. The number of carbonyl (C=O) groups is 1. The molecule has 0 aliphatic rings. The first-order valence-corrected chi connectivity index (χ1v) is 8.22. The van der Waals surface area contributed by atoms with Crippen LogP contribution in [0.25, 0.3) is 0 Å². The summed E-state index contributed by atoms with van der Waals surface area (Å²) in [6.45, 7) is 2.35. The zero-order valence-electron chi connectivity index (χ0n) is 13.5. The topological polar surface area (TPSA) is 32.3 Å². The monoisotopic (exact) mass is 350 g/mol. The number of hydrogen-bond donors (Lipinski definition) is 1. The van der Waals surface area contributed by atoms with Gasteiger partial charge in [0.05, 0.1) is 22.9 Å². The molecule has 0 amide bonds. The van der Waals surface area contributed by atoms with Crippen LogP contribution in [0.5, 0.6) is 0 Å². The predicted octanol–water partition coefficient (Wildman–Crippen LogP) is 4.92. The van der Waals surface area contributed by atoms with Gasteiger partial charge in [0.1, 0.15) is 0 Å². The quantitative estimate of drug-likeness (QED) is 0.750. The van der Waals surface area contributed by atoms with Crippen molar-refractivity contribution in [3.63, 3.8) is 0 Å². The number of likely N-dealkylation sites (N-methyl/N-ethyl adjacent to an activating group) is 1. The van der Waals surface area contributed by atoms with Gasteiger partial charge in [0, 0.05) is 24.7 Å². The highest BCUT2D eigenvalue weighted by atomic mass is 35.5. The van der Waals surface area contributed by atoms with Crippen LogP contribution in [0, 0.1) is 0 Å². The number of benzene rings is 2. The molecule has 2 rings (SSSR count). The molecule has 5 heteroatoms. The van der Waals surface area contributed by atoms with Crippen molar-refractivity contribution in [2.75, 3.05) is 30.9 Å². The molecule has 0 atom stereocenters. The molecule has 1 N–H and O–H groups in total. The van der Waals surface area contributed by atoms with Crippen LogP contribution in [0.2, 0.25) is 10.0 Å². The lowest BCUT2D eigenvalue weighted by Crippen LogP contribution is -2.26. The SMILES string of the molecule is CCc1cccc(N(C)CC(=O)c2ccc(Cl)cc2Cl)c1NC. The highest BCUT2D eigenvalue weighted by Crippen LogP contribution is 2.29. The molecule has 0 saturated heterocycles. The van der Waals surface area contributed by atoms with Gasteiger partial charge in [0.2, 0.25) is 0 Å². The van der Waals surface area contributed by atoms with Crippen LogP contribution >= 0.6 is 23.2 Å². The maximum absolute atomic E-state index is 12.5. The minimum atomic E-state index is -0.0434. The second-order valence-corrected chi connectivity index (χ2v) is 6.16. The molecular weight excluding hydrogens is 331 g/mol. The first kappa shape index (κ1) is 17.6. The fraction of sp³-hybridized carbons (Fsp3) is 0.278. The average Bonchev–Trinajstić information content (AvgIpc) is 2.53. The summed E-state index contributed by atoms with van der Waals surface area (Å²) in [5, 5.41) is 4.13. The van der Waals surface area contributed by atoms with Crippen LogP contribution in [-0.4, -0.2) is 26.4 Å². The molecule has 2 aromatic rings. The zero-order chi connectivity index (χ0) is 17.0. The molecule has 0 radical (unpaired) electrons. The van der Waals surface area contributed by atoms with E-state index in [-0.39, 0.29) is 12.3 Å². The first-order chi connectivity index (χ1) is 11.0. The van der Waals surface area contributed by atoms with Crippen LogP contribution in [0.3, 0.4) is 0 Å². The zero-order valence-corrected chi connectivity index (χ0v) is 15.0. The summed E-state index contributed by atoms with van der Waals surface area (Å²) >= 11 is 12.0. The van der Waals surface area contributed by atoms with Crippen LogP contribution in [0.15, 0.2) is 36.4 Å². The Hall–Kier alpha value is -1.71. The van der Waals surface area contributed by atoms with Crippen LogP contribution in [0.1, 0.15) is 22.8 Å². The summed E-state index contributed by atoms with van der Waals surface area (Å²) in [5.41, 5.74) is 3.74. The van der Waals surface area contributed by atoms with Gasteiger partial charge in [-0.1, -0.05) is 42.3 Å². The van der Waals surface area contributed by atoms with Crippen molar-refractivity contribution in [2.45, 2.75) is 13.3 Å². The first-order valence-electron chi connectivity index (χ1n) is 7.47. The number of Topliss-reactive ketones (excluding diaryl/α,β-unsaturated/α-hetero) is 1. The molecule has 0 fully saturated rings. The molecule has 0 aliphatic heterocycles. The van der Waals surface area contributed by atoms with E-state index in [0.29, 0.717) is 15.6 Å². The third-order valence-corrected chi connectivity index (χ3v) is 4.33. The van der Waals surface area contributed by atoms with Crippen LogP contribution in [0.4, 0.5) is 11.4 Å². The van der Waals surface area contributed by atoms with Gasteiger partial charge in [0.15, 0.2) is 5.78 Å². The summed E-state index contributed by atoms with van der Waals surface area (Å²) in [6.07, 6.45) is 0.925. The molecule has 2 aromatic carbocycles. The molecule has 0 spiro atoms. The third kappa shape index (κ3) is 3.98. The van der Waals surface area contributed by atoms with E-state index >= 15 is 0 Å². The number of halogens is 2. The Morgan fingerprint density at radius 2 is 1.96 bits per heavy atom. The molecule has 122 valence electrons. The molecule has 0 unspecified atom stereocenters. The lowest BCUT2D eigenvalue weighted by Gasteiger charge is -2.23. The van der Waals surface area contributed by atoms with Gasteiger partial charge in [-0.05, 0) is 36.2 Å². The fourth-order valence-corrected chi connectivity index (χ4v) is 3.10. The summed E-state index contributed by atoms with van der Waals surface area (Å²) in [6, 6.07) is 11.0. The Morgan fingerprint density at radius 1 is 1.22 bits per heavy atom. The van der Waals surface area contributed by atoms with Gasteiger partial charge in [-0.3, -0.25) is 4.79 Å². The van der Waals surface area contributed by atoms with Crippen molar-refractivity contribution in [1.82, 2.24) is 0 Å². The van der Waals surface area contributed by atoms with E-state index in [1.807, 2.05) is 31.1 Å². The maximum atomic E-state index is 12.5. The number of rotatable bonds is 6. The number of hydrogen-bond acceptors (Lipinski definition) is 3. The molecule has 23 heavy (non-hydrogen) atoms. The summed E-state index contributed by atoms with van der Waals surface area (Å²) in [5.74, 6) is -0.0434. The summed E-state index contributed by atoms with van der Waals surface area (Å²) in [7, 11) is 3.79. The highest BCUT2D eigenvalue weighted by Gasteiger charge is 2.16. The average molecular weight is 351 g/mol. The minimum Gasteiger partial charge on any atom is -0.386 e. The van der Waals surface area contributed by atoms with Crippen molar-refractivity contribution >= 4 is 40.4 Å². The standard InChI is InChI=1S/C18H20Cl2N2O/c1-4-12-6-5-7-16(18(12)21-2)22(3)11-17(23)14-9-8-13(19)10-15(14)20/h5-10,21H,4,11H2,1-3H3. The van der Waals surface area contributed by atoms with E-state index in [4.69, 9.17) is 23.2 Å². The Morgan fingerprint density at radius 3 is 2.57 bits per heavy atom. The van der Waals surface area contributed by atoms with E-state index in [1.54, 1.807) is 18.2 Å². The number of carbonyl (C=O) groups excluding carboxylic acids is 1. The maximum Gasteiger partial charge on any atom is 0.183 e. The second kappa shape index (κ2) is 7.71. The molecule has 0 aromatic heterocycles. The Bertz CT molecular complexity index is 716. The number of nitrogens with zero attached hydrogens (tertiary/aromatic N) is 1. The van der Waals surface area contributed by atoms with Gasteiger partial charge in [0.25, 0.3) is 0 Å². The largest absolute Gasteiger partial charge is 0.386 e. The van der Waals surface area contributed by atoms with Crippen molar-refractivity contribution in [2.24, 2.45) is 0 Å². The van der Waals surface area contributed by atoms with E-state index < -0.39 is 0 Å². The smallest absolute Gasteiger partial charge is 0.183 e. The molecule has 0 heterocycles. The van der Waals surface area contributed by atoms with Crippen LogP contribution < -0.4 is 10.2 Å². The van der Waals surface area contributed by atoms with E-state index in [1.165, 1.54) is 5.56 Å². The van der Waals surface area contributed by atoms with E-state index in [0.717, 1.165) is 17.8 Å². The molecule has 3 nitrogen and oxygen atoms in total. The normalized spacial score (nSPS) is 10.5. The number of para-hydroxylation sites is 1. The fourth-order valence-electron chi connectivity index (χ4n) is 2.59. The van der Waals surface area contributed by atoms with Crippen LogP contribution in [-0.2, 0) is 6.42 Å². The third-order valence-electron chi connectivity index (χ3n) is 3.78. The molecule has 0 bridgehead atoms. The lowest BCUT2D eigenvalue weighted by atomic mass is 10.1. The van der Waals surface area contributed by atoms with Crippen molar-refractivity contribution < 1.29 is 4.79 Å². The number of nitrogens with one attached hydrogen (secondary N) is 1. The highest BCUT2D eigenvalue weighted by molar-refractivity contribution is 6.37.